The second-order valence-corrected chi connectivity index (χ2v) is 27.1. The average molecular weight is 1300 g/mol. The number of hydrogen-bond donors (Lipinski definition) is 1. The third-order valence-electron chi connectivity index (χ3n) is 17.9. The maximum absolute atomic E-state index is 12.4. The molecule has 0 saturated heterocycles. The largest absolute Gasteiger partial charge is 0.462 e. The van der Waals surface area contributed by atoms with Crippen molar-refractivity contribution >= 4 is 11.9 Å². The van der Waals surface area contributed by atoms with Crippen LogP contribution in [0, 0.1) is 0 Å². The van der Waals surface area contributed by atoms with Gasteiger partial charge in [-0.15, -0.1) is 0 Å². The summed E-state index contributed by atoms with van der Waals surface area (Å²) in [6.07, 6.45) is 124. The van der Waals surface area contributed by atoms with Gasteiger partial charge in [0.1, 0.15) is 6.61 Å². The summed E-state index contributed by atoms with van der Waals surface area (Å²) in [7, 11) is 0. The first kappa shape index (κ1) is 90.0. The standard InChI is InChI=1S/C89H154O5/c1-3-5-7-9-11-13-15-17-19-21-23-25-27-29-31-33-35-37-39-41-43-44-46-48-50-52-54-56-58-60-62-64-66-68-70-72-74-76-78-80-82-84-89(92)94-87(85-90)86-93-88(91)83-81-79-77-75-73-71-69-67-65-63-61-59-57-55-53-51-49-47-45-42-40-38-36-34-32-30-28-26-24-22-20-18-16-14-12-10-8-6-4-2/h5,7,11,13,16-19,22-25,28-31,35,37,41,43,46,48,87,90H,3-4,6,8-10,12,14-15,20-21,26-27,32-34,36,38-40,42,44-45,47,49-86H2,1-2H3/b7-5-,13-11-,18-16-,19-17-,24-22-,25-23-,30-28-,31-29-,37-35-,43-41-,48-46-. The number of rotatable bonds is 75. The van der Waals surface area contributed by atoms with E-state index in [-0.39, 0.29) is 25.2 Å². The van der Waals surface area contributed by atoms with Gasteiger partial charge in [-0.2, -0.15) is 0 Å². The predicted octanol–water partition coefficient (Wildman–Crippen LogP) is 29.0. The Bertz CT molecular complexity index is 1870. The van der Waals surface area contributed by atoms with Crippen LogP contribution in [0.25, 0.3) is 0 Å². The maximum atomic E-state index is 12.4. The van der Waals surface area contributed by atoms with Gasteiger partial charge in [-0.1, -0.05) is 404 Å². The van der Waals surface area contributed by atoms with Gasteiger partial charge in [0.05, 0.1) is 6.61 Å². The Morgan fingerprint density at radius 2 is 0.457 bits per heavy atom. The number of ether oxygens (including phenoxy) is 2. The number of carbonyl (C=O) groups is 2. The SMILES string of the molecule is CC/C=C\C/C=C\C/C=C\C/C=C\C/C=C\C/C=C\C/C=C\C/C=C\CCCCCCCCCCCCCCCCCCC(=O)OC(CO)COC(=O)CCCCCCCCCCCCCCCCCCCCCCCCCC/C=C\C/C=C\C/C=C\CCCCCCC. The van der Waals surface area contributed by atoms with Gasteiger partial charge in [-0.25, -0.2) is 0 Å². The van der Waals surface area contributed by atoms with Gasteiger partial charge in [-0.3, -0.25) is 9.59 Å². The molecule has 0 fully saturated rings. The van der Waals surface area contributed by atoms with Crippen molar-refractivity contribution in [1.29, 1.82) is 0 Å². The lowest BCUT2D eigenvalue weighted by Crippen LogP contribution is -2.28. The summed E-state index contributed by atoms with van der Waals surface area (Å²) in [5.41, 5.74) is 0. The zero-order chi connectivity index (χ0) is 67.5. The third-order valence-corrected chi connectivity index (χ3v) is 17.9. The highest BCUT2D eigenvalue weighted by atomic mass is 16.6. The van der Waals surface area contributed by atoms with Gasteiger partial charge < -0.3 is 14.6 Å². The van der Waals surface area contributed by atoms with Crippen molar-refractivity contribution in [2.45, 2.75) is 405 Å². The highest BCUT2D eigenvalue weighted by molar-refractivity contribution is 5.70. The smallest absolute Gasteiger partial charge is 0.306 e. The van der Waals surface area contributed by atoms with E-state index < -0.39 is 6.10 Å². The molecule has 540 valence electrons. The normalized spacial score (nSPS) is 12.9. The zero-order valence-corrected chi connectivity index (χ0v) is 62.2. The highest BCUT2D eigenvalue weighted by Crippen LogP contribution is 2.19. The van der Waals surface area contributed by atoms with Crippen LogP contribution >= 0.6 is 0 Å². The van der Waals surface area contributed by atoms with Crippen LogP contribution < -0.4 is 0 Å². The molecule has 5 nitrogen and oxygen atoms in total. The Labute approximate surface area is 585 Å². The van der Waals surface area contributed by atoms with Crippen LogP contribution in [0.15, 0.2) is 134 Å². The van der Waals surface area contributed by atoms with E-state index in [4.69, 9.17) is 9.47 Å². The first-order valence-corrected chi connectivity index (χ1v) is 40.7. The minimum Gasteiger partial charge on any atom is -0.462 e. The summed E-state index contributed by atoms with van der Waals surface area (Å²) < 4.78 is 10.8. The van der Waals surface area contributed by atoms with E-state index in [1.807, 2.05) is 0 Å². The number of aliphatic hydroxyl groups excluding tert-OH is 1. The molecule has 5 heteroatoms. The van der Waals surface area contributed by atoms with Crippen LogP contribution in [0.3, 0.4) is 0 Å². The lowest BCUT2D eigenvalue weighted by molar-refractivity contribution is -0.161. The summed E-state index contributed by atoms with van der Waals surface area (Å²) in [6, 6.07) is 0. The number of aliphatic hydroxyl groups is 1. The van der Waals surface area contributed by atoms with Crippen molar-refractivity contribution in [2.24, 2.45) is 0 Å². The van der Waals surface area contributed by atoms with E-state index in [2.05, 4.69) is 148 Å². The summed E-state index contributed by atoms with van der Waals surface area (Å²) in [6.45, 7) is 4.05. The number of unbranched alkanes of at least 4 members (excludes halogenated alkanes) is 45. The fourth-order valence-corrected chi connectivity index (χ4v) is 11.9. The number of allylic oxidation sites excluding steroid dienone is 22. The van der Waals surface area contributed by atoms with Crippen LogP contribution in [-0.4, -0.2) is 36.4 Å². The maximum Gasteiger partial charge on any atom is 0.306 e. The Morgan fingerprint density at radius 1 is 0.255 bits per heavy atom. The molecule has 0 aliphatic carbocycles. The lowest BCUT2D eigenvalue weighted by Gasteiger charge is -2.15. The second-order valence-electron chi connectivity index (χ2n) is 27.1. The molecule has 0 aromatic carbocycles. The van der Waals surface area contributed by atoms with Crippen molar-refractivity contribution in [3.05, 3.63) is 134 Å². The fraction of sp³-hybridized carbons (Fsp3) is 0.730. The van der Waals surface area contributed by atoms with Gasteiger partial charge in [0.2, 0.25) is 0 Å². The lowest BCUT2D eigenvalue weighted by atomic mass is 10.0. The van der Waals surface area contributed by atoms with Crippen molar-refractivity contribution in [3.8, 4) is 0 Å². The number of hydrogen-bond acceptors (Lipinski definition) is 5. The van der Waals surface area contributed by atoms with Crippen molar-refractivity contribution in [2.75, 3.05) is 13.2 Å². The van der Waals surface area contributed by atoms with E-state index >= 15 is 0 Å². The van der Waals surface area contributed by atoms with E-state index in [1.165, 1.54) is 270 Å². The summed E-state index contributed by atoms with van der Waals surface area (Å²) in [4.78, 5) is 24.7. The highest BCUT2D eigenvalue weighted by Gasteiger charge is 2.16. The molecule has 0 aliphatic heterocycles. The summed E-state index contributed by atoms with van der Waals surface area (Å²) in [5, 5.41) is 9.74. The first-order chi connectivity index (χ1) is 46.6. The van der Waals surface area contributed by atoms with Crippen LogP contribution in [-0.2, 0) is 19.1 Å². The number of carbonyl (C=O) groups excluding carboxylic acids is 2. The Kier molecular flexibility index (Phi) is 79.8. The van der Waals surface area contributed by atoms with Crippen LogP contribution in [0.4, 0.5) is 0 Å². The van der Waals surface area contributed by atoms with Crippen molar-refractivity contribution in [1.82, 2.24) is 0 Å². The molecule has 0 amide bonds. The Hall–Kier alpha value is -3.96. The quantitative estimate of drug-likeness (QED) is 0.0373. The van der Waals surface area contributed by atoms with Gasteiger partial charge in [0.25, 0.3) is 0 Å². The minimum absolute atomic E-state index is 0.0656. The molecule has 1 N–H and O–H groups in total. The molecule has 1 atom stereocenters. The molecule has 0 bridgehead atoms. The molecule has 0 heterocycles. The van der Waals surface area contributed by atoms with E-state index in [0.717, 1.165) is 103 Å². The number of esters is 2. The van der Waals surface area contributed by atoms with Gasteiger partial charge in [0.15, 0.2) is 6.10 Å². The van der Waals surface area contributed by atoms with Crippen LogP contribution in [0.5, 0.6) is 0 Å². The Balaban J connectivity index is 3.44. The molecule has 1 unspecified atom stereocenters. The molecule has 0 aliphatic rings. The Morgan fingerprint density at radius 3 is 0.691 bits per heavy atom. The first-order valence-electron chi connectivity index (χ1n) is 40.7. The molecule has 0 spiro atoms. The molecular formula is C89H154O5. The van der Waals surface area contributed by atoms with Gasteiger partial charge in [-0.05, 0) is 116 Å². The monoisotopic (exact) mass is 1300 g/mol. The molecular weight excluding hydrogens is 1150 g/mol. The van der Waals surface area contributed by atoms with E-state index in [9.17, 15) is 14.7 Å². The third kappa shape index (κ3) is 80.5. The molecule has 0 aromatic rings. The van der Waals surface area contributed by atoms with Crippen molar-refractivity contribution < 1.29 is 24.2 Å². The van der Waals surface area contributed by atoms with Crippen LogP contribution in [0.1, 0.15) is 399 Å². The zero-order valence-electron chi connectivity index (χ0n) is 62.2. The van der Waals surface area contributed by atoms with Crippen LogP contribution in [0.2, 0.25) is 0 Å². The fourth-order valence-electron chi connectivity index (χ4n) is 11.9. The molecule has 0 radical (unpaired) electrons. The van der Waals surface area contributed by atoms with Gasteiger partial charge in [0, 0.05) is 12.8 Å². The molecule has 94 heavy (non-hydrogen) atoms. The second kappa shape index (κ2) is 83.3. The van der Waals surface area contributed by atoms with E-state index in [0.29, 0.717) is 12.8 Å². The average Bonchev–Trinajstić information content (AvgIpc) is 3.77. The topological polar surface area (TPSA) is 72.8 Å². The minimum atomic E-state index is -0.778. The molecule has 0 aromatic heterocycles. The summed E-state index contributed by atoms with van der Waals surface area (Å²) >= 11 is 0. The van der Waals surface area contributed by atoms with Gasteiger partial charge >= 0.3 is 11.9 Å². The van der Waals surface area contributed by atoms with E-state index in [1.54, 1.807) is 0 Å². The molecule has 0 saturated carbocycles. The predicted molar refractivity (Wildman–Crippen MR) is 417 cm³/mol. The summed E-state index contributed by atoms with van der Waals surface area (Å²) in [5.74, 6) is -0.576. The molecule has 0 rings (SSSR count). The van der Waals surface area contributed by atoms with Crippen molar-refractivity contribution in [3.63, 3.8) is 0 Å².